The summed E-state index contributed by atoms with van der Waals surface area (Å²) in [5, 5.41) is 0.523. The first-order valence-corrected chi connectivity index (χ1v) is 10.7. The summed E-state index contributed by atoms with van der Waals surface area (Å²) in [6.45, 7) is 13.2. The molecule has 0 aliphatic carbocycles. The zero-order chi connectivity index (χ0) is 21.7. The minimum Gasteiger partial charge on any atom is -0.437 e. The van der Waals surface area contributed by atoms with Gasteiger partial charge in [0.2, 0.25) is 0 Å². The van der Waals surface area contributed by atoms with Crippen LogP contribution in [-0.2, 0) is 18.0 Å². The fraction of sp³-hybridized carbons (Fsp3) is 0.476. The van der Waals surface area contributed by atoms with Crippen molar-refractivity contribution >= 4 is 21.9 Å². The van der Waals surface area contributed by atoms with E-state index in [1.54, 1.807) is 14.0 Å². The molecule has 2 atom stereocenters. The summed E-state index contributed by atoms with van der Waals surface area (Å²) < 4.78 is 22.6. The van der Waals surface area contributed by atoms with Crippen molar-refractivity contribution in [2.24, 2.45) is 7.05 Å². The van der Waals surface area contributed by atoms with Gasteiger partial charge in [0, 0.05) is 20.0 Å². The van der Waals surface area contributed by atoms with E-state index >= 15 is 0 Å². The van der Waals surface area contributed by atoms with Gasteiger partial charge in [0.05, 0.1) is 32.3 Å². The van der Waals surface area contributed by atoms with E-state index in [0.717, 1.165) is 11.1 Å². The van der Waals surface area contributed by atoms with Crippen molar-refractivity contribution in [1.82, 2.24) is 19.3 Å². The molecule has 0 saturated carbocycles. The van der Waals surface area contributed by atoms with Crippen LogP contribution in [0.3, 0.4) is 0 Å². The third-order valence-electron chi connectivity index (χ3n) is 4.77. The number of fused-ring (bicyclic) bond motifs is 1. The maximum absolute atomic E-state index is 13.1. The van der Waals surface area contributed by atoms with Crippen LogP contribution < -0.4 is 10.3 Å². The highest BCUT2D eigenvalue weighted by atomic mass is 32.2. The molecule has 3 aromatic rings. The summed E-state index contributed by atoms with van der Waals surface area (Å²) in [7, 11) is 0.422. The molecule has 29 heavy (non-hydrogen) atoms. The van der Waals surface area contributed by atoms with Crippen LogP contribution in [0.2, 0.25) is 0 Å². The molecular formula is C21H28N4O3S. The van der Waals surface area contributed by atoms with Crippen LogP contribution in [0, 0.1) is 20.8 Å². The van der Waals surface area contributed by atoms with E-state index in [1.165, 1.54) is 4.57 Å². The van der Waals surface area contributed by atoms with Crippen molar-refractivity contribution in [2.45, 2.75) is 59.3 Å². The second-order valence-corrected chi connectivity index (χ2v) is 10.4. The summed E-state index contributed by atoms with van der Waals surface area (Å²) >= 11 is 0. The molecule has 0 fully saturated rings. The lowest BCUT2D eigenvalue weighted by Crippen LogP contribution is -2.35. The van der Waals surface area contributed by atoms with Gasteiger partial charge in [-0.05, 0) is 58.7 Å². The smallest absolute Gasteiger partial charge is 0.261 e. The van der Waals surface area contributed by atoms with Gasteiger partial charge in [-0.15, -0.1) is 0 Å². The predicted molar refractivity (Wildman–Crippen MR) is 116 cm³/mol. The average molecular weight is 417 g/mol. The molecule has 1 N–H and O–H groups in total. The standard InChI is InChI=1S/C21H28N4O3S/c1-11-9-15(12(2)24-29(27)21(5,6)7)17-16(10-11)20(26)25(8)19(23-17)18-13(3)22-14(4)28-18/h9-10,12,24H,1-8H3/t12-,29-/m1/s1. The molecule has 3 rings (SSSR count). The van der Waals surface area contributed by atoms with Crippen molar-refractivity contribution in [3.05, 3.63) is 45.2 Å². The Kier molecular flexibility index (Phi) is 5.53. The zero-order valence-corrected chi connectivity index (χ0v) is 19.0. The topological polar surface area (TPSA) is 90.0 Å². The van der Waals surface area contributed by atoms with Crippen molar-refractivity contribution in [2.75, 3.05) is 0 Å². The summed E-state index contributed by atoms with van der Waals surface area (Å²) in [5.41, 5.74) is 2.87. The van der Waals surface area contributed by atoms with Gasteiger partial charge < -0.3 is 4.42 Å². The first kappa shape index (κ1) is 21.4. The average Bonchev–Trinajstić information content (AvgIpc) is 2.95. The third kappa shape index (κ3) is 4.04. The molecule has 8 heteroatoms. The molecule has 0 amide bonds. The van der Waals surface area contributed by atoms with E-state index in [9.17, 15) is 9.00 Å². The first-order chi connectivity index (χ1) is 13.4. The third-order valence-corrected chi connectivity index (χ3v) is 6.45. The Hall–Kier alpha value is -2.32. The molecule has 156 valence electrons. The highest BCUT2D eigenvalue weighted by molar-refractivity contribution is 7.84. The van der Waals surface area contributed by atoms with Crippen molar-refractivity contribution in [1.29, 1.82) is 0 Å². The van der Waals surface area contributed by atoms with E-state index in [1.807, 2.05) is 53.7 Å². The molecule has 7 nitrogen and oxygen atoms in total. The van der Waals surface area contributed by atoms with Crippen molar-refractivity contribution in [3.8, 4) is 11.6 Å². The summed E-state index contributed by atoms with van der Waals surface area (Å²) in [6.07, 6.45) is 0. The van der Waals surface area contributed by atoms with Crippen LogP contribution in [0.4, 0.5) is 0 Å². The van der Waals surface area contributed by atoms with E-state index in [-0.39, 0.29) is 11.6 Å². The highest BCUT2D eigenvalue weighted by Gasteiger charge is 2.24. The second-order valence-electron chi connectivity index (χ2n) is 8.42. The lowest BCUT2D eigenvalue weighted by molar-refractivity contribution is 0.526. The summed E-state index contributed by atoms with van der Waals surface area (Å²) in [6, 6.07) is 3.56. The van der Waals surface area contributed by atoms with Crippen LogP contribution in [0.1, 0.15) is 56.4 Å². The first-order valence-electron chi connectivity index (χ1n) is 9.54. The number of oxazole rings is 1. The van der Waals surface area contributed by atoms with Gasteiger partial charge >= 0.3 is 0 Å². The Bertz CT molecular complexity index is 1170. The zero-order valence-electron chi connectivity index (χ0n) is 18.2. The highest BCUT2D eigenvalue weighted by Crippen LogP contribution is 2.28. The molecule has 0 saturated heterocycles. The SMILES string of the molecule is Cc1cc([C@@H](C)N[S@](=O)C(C)(C)C)c2nc(-c3oc(C)nc3C)n(C)c(=O)c2c1. The Morgan fingerprint density at radius 2 is 1.83 bits per heavy atom. The van der Waals surface area contributed by atoms with Crippen LogP contribution in [0.25, 0.3) is 22.5 Å². The molecular weight excluding hydrogens is 388 g/mol. The van der Waals surface area contributed by atoms with Gasteiger partial charge in [-0.25, -0.2) is 18.9 Å². The number of rotatable bonds is 4. The predicted octanol–water partition coefficient (Wildman–Crippen LogP) is 3.63. The number of nitrogens with zero attached hydrogens (tertiary/aromatic N) is 3. The van der Waals surface area contributed by atoms with E-state index in [2.05, 4.69) is 9.71 Å². The quantitative estimate of drug-likeness (QED) is 0.701. The largest absolute Gasteiger partial charge is 0.437 e. The van der Waals surface area contributed by atoms with Crippen LogP contribution in [0.5, 0.6) is 0 Å². The Morgan fingerprint density at radius 1 is 1.17 bits per heavy atom. The Morgan fingerprint density at radius 3 is 2.38 bits per heavy atom. The Labute approximate surface area is 173 Å². The normalized spacial score (nSPS) is 14.3. The maximum Gasteiger partial charge on any atom is 0.261 e. The molecule has 0 aliphatic rings. The number of nitrogens with one attached hydrogen (secondary N) is 1. The molecule has 0 spiro atoms. The van der Waals surface area contributed by atoms with Crippen LogP contribution in [0.15, 0.2) is 21.3 Å². The molecule has 2 aromatic heterocycles. The van der Waals surface area contributed by atoms with Gasteiger partial charge in [-0.3, -0.25) is 9.36 Å². The summed E-state index contributed by atoms with van der Waals surface area (Å²) in [4.78, 5) is 22.2. The molecule has 0 unspecified atom stereocenters. The number of benzene rings is 1. The monoisotopic (exact) mass is 416 g/mol. The van der Waals surface area contributed by atoms with Crippen LogP contribution in [-0.4, -0.2) is 23.5 Å². The van der Waals surface area contributed by atoms with Crippen LogP contribution >= 0.6 is 0 Å². The lowest BCUT2D eigenvalue weighted by Gasteiger charge is -2.23. The lowest BCUT2D eigenvalue weighted by atomic mass is 10.0. The fourth-order valence-electron chi connectivity index (χ4n) is 3.23. The maximum atomic E-state index is 13.1. The number of aromatic nitrogens is 3. The molecule has 0 aliphatic heterocycles. The minimum atomic E-state index is -1.26. The molecule has 0 radical (unpaired) electrons. The molecule has 0 bridgehead atoms. The number of hydrogen-bond acceptors (Lipinski definition) is 5. The van der Waals surface area contributed by atoms with Crippen molar-refractivity contribution in [3.63, 3.8) is 0 Å². The second kappa shape index (κ2) is 7.50. The fourth-order valence-corrected chi connectivity index (χ4v) is 4.03. The molecule has 2 heterocycles. The molecule has 1 aromatic carbocycles. The van der Waals surface area contributed by atoms with Gasteiger partial charge in [-0.1, -0.05) is 6.07 Å². The summed E-state index contributed by atoms with van der Waals surface area (Å²) in [5.74, 6) is 1.43. The van der Waals surface area contributed by atoms with E-state index < -0.39 is 15.7 Å². The van der Waals surface area contributed by atoms with Gasteiger partial charge in [0.1, 0.15) is 0 Å². The number of hydrogen-bond donors (Lipinski definition) is 1. The van der Waals surface area contributed by atoms with E-state index in [4.69, 9.17) is 9.40 Å². The van der Waals surface area contributed by atoms with Gasteiger partial charge in [-0.2, -0.15) is 0 Å². The van der Waals surface area contributed by atoms with Gasteiger partial charge in [0.15, 0.2) is 17.5 Å². The van der Waals surface area contributed by atoms with Crippen molar-refractivity contribution < 1.29 is 8.63 Å². The minimum absolute atomic E-state index is 0.160. The Balaban J connectivity index is 2.25. The van der Waals surface area contributed by atoms with Gasteiger partial charge in [0.25, 0.3) is 5.56 Å². The van der Waals surface area contributed by atoms with E-state index in [0.29, 0.717) is 34.1 Å². The number of aryl methyl sites for hydroxylation is 3.